The van der Waals surface area contributed by atoms with Crippen molar-refractivity contribution in [1.29, 1.82) is 0 Å². The standard InChI is InChI=1S/C12H26N2O/c1-4-12(13,5-2)10-14(3)9-11-7-6-8-15-11/h11H,4-10,13H2,1-3H3. The molecule has 0 aromatic rings. The summed E-state index contributed by atoms with van der Waals surface area (Å²) in [6.45, 7) is 7.28. The number of nitrogens with zero attached hydrogens (tertiary/aromatic N) is 1. The minimum absolute atomic E-state index is 0.0205. The third-order valence-electron chi connectivity index (χ3n) is 3.53. The van der Waals surface area contributed by atoms with Crippen molar-refractivity contribution in [2.24, 2.45) is 5.73 Å². The molecule has 1 saturated heterocycles. The van der Waals surface area contributed by atoms with E-state index in [9.17, 15) is 0 Å². The average Bonchev–Trinajstić information content (AvgIpc) is 2.70. The first-order valence-corrected chi connectivity index (χ1v) is 6.18. The first kappa shape index (κ1) is 12.9. The van der Waals surface area contributed by atoms with E-state index in [4.69, 9.17) is 10.5 Å². The molecule has 15 heavy (non-hydrogen) atoms. The average molecular weight is 214 g/mol. The van der Waals surface area contributed by atoms with Crippen LogP contribution in [0.2, 0.25) is 0 Å². The van der Waals surface area contributed by atoms with Crippen LogP contribution in [0.15, 0.2) is 0 Å². The summed E-state index contributed by atoms with van der Waals surface area (Å²) in [6.07, 6.45) is 4.94. The van der Waals surface area contributed by atoms with Crippen molar-refractivity contribution in [3.63, 3.8) is 0 Å². The fourth-order valence-corrected chi connectivity index (χ4v) is 2.21. The van der Waals surface area contributed by atoms with Crippen LogP contribution in [0, 0.1) is 0 Å². The van der Waals surface area contributed by atoms with E-state index in [1.807, 2.05) is 0 Å². The maximum Gasteiger partial charge on any atom is 0.0702 e. The van der Waals surface area contributed by atoms with Gasteiger partial charge in [-0.2, -0.15) is 0 Å². The summed E-state index contributed by atoms with van der Waals surface area (Å²) in [5.74, 6) is 0. The maximum atomic E-state index is 6.29. The van der Waals surface area contributed by atoms with Crippen molar-refractivity contribution in [2.75, 3.05) is 26.7 Å². The number of nitrogens with two attached hydrogens (primary N) is 1. The van der Waals surface area contributed by atoms with Gasteiger partial charge in [-0.1, -0.05) is 13.8 Å². The van der Waals surface area contributed by atoms with Gasteiger partial charge in [-0.05, 0) is 32.7 Å². The van der Waals surface area contributed by atoms with E-state index in [1.54, 1.807) is 0 Å². The van der Waals surface area contributed by atoms with E-state index in [-0.39, 0.29) is 5.54 Å². The van der Waals surface area contributed by atoms with Crippen LogP contribution in [0.5, 0.6) is 0 Å². The second kappa shape index (κ2) is 5.83. The van der Waals surface area contributed by atoms with Crippen molar-refractivity contribution in [3.05, 3.63) is 0 Å². The summed E-state index contributed by atoms with van der Waals surface area (Å²) in [6, 6.07) is 0. The van der Waals surface area contributed by atoms with Crippen LogP contribution < -0.4 is 5.73 Å². The van der Waals surface area contributed by atoms with Gasteiger partial charge < -0.3 is 15.4 Å². The highest BCUT2D eigenvalue weighted by Crippen LogP contribution is 2.16. The van der Waals surface area contributed by atoms with Gasteiger partial charge in [0.1, 0.15) is 0 Å². The van der Waals surface area contributed by atoms with Gasteiger partial charge in [0, 0.05) is 25.2 Å². The highest BCUT2D eigenvalue weighted by atomic mass is 16.5. The highest BCUT2D eigenvalue weighted by molar-refractivity contribution is 4.85. The van der Waals surface area contributed by atoms with E-state index >= 15 is 0 Å². The summed E-state index contributed by atoms with van der Waals surface area (Å²) >= 11 is 0. The van der Waals surface area contributed by atoms with Gasteiger partial charge in [0.05, 0.1) is 6.10 Å². The van der Waals surface area contributed by atoms with Gasteiger partial charge in [0.2, 0.25) is 0 Å². The summed E-state index contributed by atoms with van der Waals surface area (Å²) in [4.78, 5) is 2.32. The lowest BCUT2D eigenvalue weighted by molar-refractivity contribution is 0.0735. The van der Waals surface area contributed by atoms with Crippen LogP contribution in [0.1, 0.15) is 39.5 Å². The molecule has 0 spiro atoms. The first-order chi connectivity index (χ1) is 7.09. The van der Waals surface area contributed by atoms with E-state index in [2.05, 4.69) is 25.8 Å². The second-order valence-corrected chi connectivity index (χ2v) is 4.90. The number of ether oxygens (including phenoxy) is 1. The van der Waals surface area contributed by atoms with Gasteiger partial charge in [-0.25, -0.2) is 0 Å². The number of hydrogen-bond acceptors (Lipinski definition) is 3. The molecule has 0 bridgehead atoms. The summed E-state index contributed by atoms with van der Waals surface area (Å²) < 4.78 is 5.62. The molecule has 1 aliphatic rings. The SMILES string of the molecule is CCC(N)(CC)CN(C)CC1CCCO1. The molecular formula is C12H26N2O. The topological polar surface area (TPSA) is 38.5 Å². The van der Waals surface area contributed by atoms with Crippen molar-refractivity contribution in [1.82, 2.24) is 4.90 Å². The number of rotatable bonds is 6. The Morgan fingerprint density at radius 2 is 2.07 bits per heavy atom. The predicted octanol–water partition coefficient (Wildman–Crippen LogP) is 1.61. The maximum absolute atomic E-state index is 6.29. The Labute approximate surface area is 94.0 Å². The molecule has 0 amide bonds. The molecule has 0 aromatic carbocycles. The molecule has 0 aliphatic carbocycles. The molecule has 1 rings (SSSR count). The normalized spacial score (nSPS) is 22.6. The van der Waals surface area contributed by atoms with Crippen molar-refractivity contribution in [3.8, 4) is 0 Å². The van der Waals surface area contributed by atoms with Crippen molar-refractivity contribution < 1.29 is 4.74 Å². The zero-order valence-corrected chi connectivity index (χ0v) is 10.5. The number of likely N-dealkylation sites (N-methyl/N-ethyl adjacent to an activating group) is 1. The Hall–Kier alpha value is -0.120. The Balaban J connectivity index is 2.30. The highest BCUT2D eigenvalue weighted by Gasteiger charge is 2.24. The molecule has 0 saturated carbocycles. The lowest BCUT2D eigenvalue weighted by Gasteiger charge is -2.32. The lowest BCUT2D eigenvalue weighted by atomic mass is 9.93. The van der Waals surface area contributed by atoms with Crippen LogP contribution in [-0.2, 0) is 4.74 Å². The third-order valence-corrected chi connectivity index (χ3v) is 3.53. The fourth-order valence-electron chi connectivity index (χ4n) is 2.21. The molecule has 90 valence electrons. The molecule has 3 heteroatoms. The third kappa shape index (κ3) is 4.09. The van der Waals surface area contributed by atoms with Crippen LogP contribution in [0.25, 0.3) is 0 Å². The van der Waals surface area contributed by atoms with E-state index in [0.717, 1.165) is 32.5 Å². The number of hydrogen-bond donors (Lipinski definition) is 1. The molecule has 0 radical (unpaired) electrons. The van der Waals surface area contributed by atoms with Crippen molar-refractivity contribution >= 4 is 0 Å². The molecule has 1 fully saturated rings. The first-order valence-electron chi connectivity index (χ1n) is 6.18. The monoisotopic (exact) mass is 214 g/mol. The zero-order chi connectivity index (χ0) is 11.3. The van der Waals surface area contributed by atoms with Gasteiger partial charge in [0.25, 0.3) is 0 Å². The molecular weight excluding hydrogens is 188 g/mol. The Morgan fingerprint density at radius 1 is 1.40 bits per heavy atom. The largest absolute Gasteiger partial charge is 0.377 e. The van der Waals surface area contributed by atoms with E-state index in [0.29, 0.717) is 6.10 Å². The Morgan fingerprint density at radius 3 is 2.53 bits per heavy atom. The Kier molecular flexibility index (Phi) is 5.03. The quantitative estimate of drug-likeness (QED) is 0.730. The van der Waals surface area contributed by atoms with Gasteiger partial charge in [-0.15, -0.1) is 0 Å². The summed E-state index contributed by atoms with van der Waals surface area (Å²) in [7, 11) is 2.15. The summed E-state index contributed by atoms with van der Waals surface area (Å²) in [5, 5.41) is 0. The van der Waals surface area contributed by atoms with Crippen LogP contribution in [-0.4, -0.2) is 43.3 Å². The van der Waals surface area contributed by atoms with Crippen LogP contribution in [0.3, 0.4) is 0 Å². The molecule has 1 heterocycles. The smallest absolute Gasteiger partial charge is 0.0702 e. The van der Waals surface area contributed by atoms with Crippen LogP contribution in [0.4, 0.5) is 0 Å². The lowest BCUT2D eigenvalue weighted by Crippen LogP contribution is -2.49. The zero-order valence-electron chi connectivity index (χ0n) is 10.5. The molecule has 0 aromatic heterocycles. The molecule has 1 aliphatic heterocycles. The second-order valence-electron chi connectivity index (χ2n) is 4.90. The van der Waals surface area contributed by atoms with Crippen molar-refractivity contribution in [2.45, 2.75) is 51.2 Å². The van der Waals surface area contributed by atoms with Crippen LogP contribution >= 0.6 is 0 Å². The molecule has 1 atom stereocenters. The fraction of sp³-hybridized carbons (Fsp3) is 1.00. The Bertz CT molecular complexity index is 174. The van der Waals surface area contributed by atoms with E-state index in [1.165, 1.54) is 12.8 Å². The van der Waals surface area contributed by atoms with Gasteiger partial charge in [0.15, 0.2) is 0 Å². The molecule has 2 N–H and O–H groups in total. The van der Waals surface area contributed by atoms with E-state index < -0.39 is 0 Å². The minimum Gasteiger partial charge on any atom is -0.377 e. The molecule has 3 nitrogen and oxygen atoms in total. The summed E-state index contributed by atoms with van der Waals surface area (Å²) in [5.41, 5.74) is 6.27. The minimum atomic E-state index is -0.0205. The molecule has 1 unspecified atom stereocenters. The van der Waals surface area contributed by atoms with Gasteiger partial charge in [-0.3, -0.25) is 0 Å². The van der Waals surface area contributed by atoms with Gasteiger partial charge >= 0.3 is 0 Å². The predicted molar refractivity (Wildman–Crippen MR) is 64.0 cm³/mol.